The van der Waals surface area contributed by atoms with Crippen LogP contribution in [0.1, 0.15) is 109 Å². The normalized spacial score (nSPS) is 18.1. The average molecular weight is 871 g/mol. The molecule has 330 valence electrons. The van der Waals surface area contributed by atoms with E-state index in [1.165, 1.54) is 113 Å². The van der Waals surface area contributed by atoms with Crippen molar-refractivity contribution >= 4 is 78.9 Å². The van der Waals surface area contributed by atoms with Gasteiger partial charge in [0.05, 0.1) is 0 Å². The van der Waals surface area contributed by atoms with Crippen LogP contribution in [0.15, 0.2) is 150 Å². The molecule has 0 unspecified atom stereocenters. The van der Waals surface area contributed by atoms with E-state index in [-0.39, 0.29) is 28.5 Å². The second-order valence-electron chi connectivity index (χ2n) is 23.1. The highest BCUT2D eigenvalue weighted by atomic mass is 16.3. The van der Waals surface area contributed by atoms with Crippen molar-refractivity contribution in [1.29, 1.82) is 0 Å². The van der Waals surface area contributed by atoms with Crippen molar-refractivity contribution in [3.05, 3.63) is 173 Å². The van der Waals surface area contributed by atoms with Gasteiger partial charge in [-0.25, -0.2) is 0 Å². The lowest BCUT2D eigenvalue weighted by Crippen LogP contribution is -2.61. The largest absolute Gasteiger partial charge is 0.456 e. The highest BCUT2D eigenvalue weighted by Crippen LogP contribution is 2.55. The fourth-order valence-corrected chi connectivity index (χ4v) is 13.0. The topological polar surface area (TPSA) is 19.6 Å². The summed E-state index contributed by atoms with van der Waals surface area (Å²) in [5.74, 6) is 0. The Morgan fingerprint density at radius 3 is 1.85 bits per heavy atom. The van der Waals surface area contributed by atoms with Gasteiger partial charge in [0.2, 0.25) is 0 Å². The molecule has 2 aliphatic carbocycles. The molecule has 0 amide bonds. The number of hydrogen-bond acceptors (Lipinski definition) is 3. The van der Waals surface area contributed by atoms with Crippen molar-refractivity contribution in [2.24, 2.45) is 0 Å². The molecule has 0 N–H and O–H groups in total. The molecule has 4 heteroatoms. The Labute approximate surface area is 396 Å². The van der Waals surface area contributed by atoms with E-state index in [1.807, 2.05) is 0 Å². The average Bonchev–Trinajstić information content (AvgIpc) is 3.69. The number of nitrogens with zero attached hydrogens (tertiary/aromatic N) is 2. The summed E-state index contributed by atoms with van der Waals surface area (Å²) in [6.45, 7) is 21.8. The Hall–Kier alpha value is -6.52. The van der Waals surface area contributed by atoms with Gasteiger partial charge < -0.3 is 14.1 Å². The minimum absolute atomic E-state index is 0.0413. The molecule has 3 nitrogen and oxygen atoms in total. The van der Waals surface area contributed by atoms with E-state index in [4.69, 9.17) is 4.42 Å². The van der Waals surface area contributed by atoms with Gasteiger partial charge in [-0.15, -0.1) is 0 Å². The molecule has 67 heavy (non-hydrogen) atoms. The van der Waals surface area contributed by atoms with E-state index in [2.05, 4.69) is 218 Å². The Bertz CT molecular complexity index is 3570. The molecule has 0 saturated heterocycles. The molecular formula is C63H59BN2O. The summed E-state index contributed by atoms with van der Waals surface area (Å²) in [5, 5.41) is 4.83. The summed E-state index contributed by atoms with van der Waals surface area (Å²) in [7, 11) is 0. The fourth-order valence-electron chi connectivity index (χ4n) is 13.0. The van der Waals surface area contributed by atoms with Crippen molar-refractivity contribution in [2.45, 2.75) is 110 Å². The summed E-state index contributed by atoms with van der Waals surface area (Å²) in [5.41, 5.74) is 23.1. The zero-order chi connectivity index (χ0) is 45.9. The number of furan rings is 1. The molecule has 9 aromatic rings. The SMILES string of the molecule is Cc1cc2c(cc1N1c3cc(-c4ccccc4)ccc3B3c4c1cc1ccccc1c4-c1cc4c(cc1N3c1ccc3c(c1)C(C)(C)CCC3(C)C)oc1ccccc14)C(C)(C)CCC2(C)C. The molecule has 3 heterocycles. The van der Waals surface area contributed by atoms with Crippen LogP contribution in [0.5, 0.6) is 0 Å². The number of fused-ring (bicyclic) bond motifs is 11. The third-order valence-electron chi connectivity index (χ3n) is 17.1. The smallest absolute Gasteiger partial charge is 0.333 e. The first-order valence-electron chi connectivity index (χ1n) is 24.7. The second kappa shape index (κ2) is 13.8. The molecule has 0 atom stereocenters. The molecule has 2 aliphatic heterocycles. The van der Waals surface area contributed by atoms with Crippen LogP contribution in [0.4, 0.5) is 28.4 Å². The van der Waals surface area contributed by atoms with E-state index in [9.17, 15) is 0 Å². The van der Waals surface area contributed by atoms with Gasteiger partial charge in [0.25, 0.3) is 0 Å². The van der Waals surface area contributed by atoms with Gasteiger partial charge >= 0.3 is 6.85 Å². The standard InChI is InChI=1S/C63H59BN2O/c1-38-31-48-50(63(8,9)30-29-61(48,4)5)36-52(38)65-54-32-40(39-17-11-10-12-18-39)23-26-51(54)64-59-55(65)33-41-19-13-14-20-43(41)58(59)46-35-45-44-21-15-16-22-56(44)67-57(45)37-53(46)66(64)42-24-25-47-49(34-42)62(6,7)28-27-60(47,2)3/h10-26,31-37H,27-30H2,1-9H3. The lowest BCUT2D eigenvalue weighted by molar-refractivity contribution is 0.332. The molecule has 8 aromatic carbocycles. The number of hydrogen-bond donors (Lipinski definition) is 0. The molecule has 0 saturated carbocycles. The predicted octanol–water partition coefficient (Wildman–Crippen LogP) is 16.1. The Morgan fingerprint density at radius 1 is 0.463 bits per heavy atom. The molecule has 4 aliphatic rings. The Kier molecular flexibility index (Phi) is 8.38. The monoisotopic (exact) mass is 870 g/mol. The minimum atomic E-state index is -0.133. The van der Waals surface area contributed by atoms with Gasteiger partial charge in [0.15, 0.2) is 0 Å². The fraction of sp³-hybridized carbons (Fsp3) is 0.270. The summed E-state index contributed by atoms with van der Waals surface area (Å²) < 4.78 is 6.80. The van der Waals surface area contributed by atoms with Gasteiger partial charge in [0, 0.05) is 50.8 Å². The Balaban J connectivity index is 1.18. The number of aryl methyl sites for hydroxylation is 1. The first-order valence-corrected chi connectivity index (χ1v) is 24.7. The number of anilines is 5. The van der Waals surface area contributed by atoms with E-state index in [0.29, 0.717) is 0 Å². The summed E-state index contributed by atoms with van der Waals surface area (Å²) in [4.78, 5) is 5.37. The first kappa shape index (κ1) is 40.7. The highest BCUT2D eigenvalue weighted by molar-refractivity contribution is 6.94. The molecule has 0 radical (unpaired) electrons. The maximum atomic E-state index is 6.80. The molecule has 0 fully saturated rings. The predicted molar refractivity (Wildman–Crippen MR) is 286 cm³/mol. The van der Waals surface area contributed by atoms with Gasteiger partial charge in [0.1, 0.15) is 11.2 Å². The van der Waals surface area contributed by atoms with Crippen molar-refractivity contribution in [3.8, 4) is 22.3 Å². The van der Waals surface area contributed by atoms with Crippen LogP contribution >= 0.6 is 0 Å². The van der Waals surface area contributed by atoms with Crippen LogP contribution < -0.4 is 20.6 Å². The highest BCUT2D eigenvalue weighted by Gasteiger charge is 2.48. The minimum Gasteiger partial charge on any atom is -0.456 e. The number of para-hydroxylation sites is 1. The second-order valence-corrected chi connectivity index (χ2v) is 23.1. The van der Waals surface area contributed by atoms with Crippen molar-refractivity contribution < 1.29 is 4.42 Å². The lowest BCUT2D eigenvalue weighted by Gasteiger charge is -2.48. The molecule has 1 aromatic heterocycles. The van der Waals surface area contributed by atoms with E-state index >= 15 is 0 Å². The molecule has 0 spiro atoms. The summed E-state index contributed by atoms with van der Waals surface area (Å²) in [6, 6.07) is 55.9. The van der Waals surface area contributed by atoms with Gasteiger partial charge in [-0.1, -0.05) is 152 Å². The lowest BCUT2D eigenvalue weighted by atomic mass is 9.43. The number of rotatable bonds is 3. The molecule has 13 rings (SSSR count). The summed E-state index contributed by atoms with van der Waals surface area (Å²) in [6.07, 6.45) is 4.68. The zero-order valence-corrected chi connectivity index (χ0v) is 40.6. The maximum Gasteiger partial charge on any atom is 0.333 e. The van der Waals surface area contributed by atoms with Crippen LogP contribution in [-0.2, 0) is 21.7 Å². The van der Waals surface area contributed by atoms with Crippen molar-refractivity contribution in [1.82, 2.24) is 0 Å². The van der Waals surface area contributed by atoms with Gasteiger partial charge in [-0.05, 0) is 163 Å². The van der Waals surface area contributed by atoms with Crippen LogP contribution in [0, 0.1) is 6.92 Å². The maximum absolute atomic E-state index is 6.80. The van der Waals surface area contributed by atoms with Crippen molar-refractivity contribution in [3.63, 3.8) is 0 Å². The van der Waals surface area contributed by atoms with Crippen LogP contribution in [0.25, 0.3) is 55.0 Å². The third-order valence-corrected chi connectivity index (χ3v) is 17.1. The summed E-state index contributed by atoms with van der Waals surface area (Å²) >= 11 is 0. The Morgan fingerprint density at radius 2 is 1.10 bits per heavy atom. The quantitative estimate of drug-likeness (QED) is 0.165. The number of benzene rings is 8. The third kappa shape index (κ3) is 5.84. The molecular weight excluding hydrogens is 812 g/mol. The van der Waals surface area contributed by atoms with E-state index in [1.54, 1.807) is 0 Å². The molecule has 0 bridgehead atoms. The van der Waals surface area contributed by atoms with Crippen LogP contribution in [0.2, 0.25) is 0 Å². The van der Waals surface area contributed by atoms with E-state index < -0.39 is 0 Å². The van der Waals surface area contributed by atoms with Gasteiger partial charge in [-0.2, -0.15) is 0 Å². The van der Waals surface area contributed by atoms with Gasteiger partial charge in [-0.3, -0.25) is 0 Å². The van der Waals surface area contributed by atoms with E-state index in [0.717, 1.165) is 34.8 Å². The first-order chi connectivity index (χ1) is 32.1. The van der Waals surface area contributed by atoms with Crippen molar-refractivity contribution in [2.75, 3.05) is 9.71 Å². The van der Waals surface area contributed by atoms with Crippen LogP contribution in [-0.4, -0.2) is 6.85 Å². The van der Waals surface area contributed by atoms with Crippen LogP contribution in [0.3, 0.4) is 0 Å². The zero-order valence-electron chi connectivity index (χ0n) is 40.6.